The SMILES string of the molecule is Cc1cccc(OCC(=O)Oc2ccc3c(c2)OC(N)=C(C#N)C3c2ccc(OCc3ccc(F)cc3)cc2)c1C. The zero-order valence-corrected chi connectivity index (χ0v) is 22.5. The average Bonchev–Trinajstić information content (AvgIpc) is 2.97. The van der Waals surface area contributed by atoms with E-state index in [1.807, 2.05) is 38.1 Å². The van der Waals surface area contributed by atoms with E-state index in [-0.39, 0.29) is 36.2 Å². The van der Waals surface area contributed by atoms with Gasteiger partial charge in [0.2, 0.25) is 5.88 Å². The summed E-state index contributed by atoms with van der Waals surface area (Å²) in [5, 5.41) is 9.86. The highest BCUT2D eigenvalue weighted by molar-refractivity contribution is 5.74. The maximum absolute atomic E-state index is 13.1. The number of halogens is 1. The van der Waals surface area contributed by atoms with Gasteiger partial charge in [0, 0.05) is 11.6 Å². The molecule has 1 aliphatic rings. The molecular formula is C33H27FN2O5. The van der Waals surface area contributed by atoms with E-state index in [2.05, 4.69) is 6.07 Å². The molecule has 8 heteroatoms. The number of hydrogen-bond acceptors (Lipinski definition) is 7. The van der Waals surface area contributed by atoms with E-state index in [1.165, 1.54) is 12.1 Å². The molecule has 4 aromatic carbocycles. The van der Waals surface area contributed by atoms with Crippen molar-refractivity contribution in [3.8, 4) is 29.1 Å². The summed E-state index contributed by atoms with van der Waals surface area (Å²) in [6.07, 6.45) is 0. The quantitative estimate of drug-likeness (QED) is 0.205. The molecule has 5 rings (SSSR count). The number of nitrogens with zero attached hydrogens (tertiary/aromatic N) is 1. The van der Waals surface area contributed by atoms with Crippen molar-refractivity contribution in [3.05, 3.63) is 130 Å². The summed E-state index contributed by atoms with van der Waals surface area (Å²) >= 11 is 0. The summed E-state index contributed by atoms with van der Waals surface area (Å²) in [7, 11) is 0. The number of carbonyl (C=O) groups is 1. The third-order valence-electron chi connectivity index (χ3n) is 6.85. The molecule has 0 aromatic heterocycles. The lowest BCUT2D eigenvalue weighted by atomic mass is 9.83. The normalized spacial score (nSPS) is 14.0. The molecule has 0 spiro atoms. The monoisotopic (exact) mass is 550 g/mol. The Balaban J connectivity index is 1.30. The fourth-order valence-corrected chi connectivity index (χ4v) is 4.52. The van der Waals surface area contributed by atoms with E-state index in [9.17, 15) is 14.4 Å². The number of esters is 1. The lowest BCUT2D eigenvalue weighted by Crippen LogP contribution is -2.21. The number of nitriles is 1. The zero-order valence-electron chi connectivity index (χ0n) is 22.5. The van der Waals surface area contributed by atoms with Crippen molar-refractivity contribution in [1.82, 2.24) is 0 Å². The lowest BCUT2D eigenvalue weighted by molar-refractivity contribution is -0.136. The van der Waals surface area contributed by atoms with Crippen molar-refractivity contribution in [3.63, 3.8) is 0 Å². The molecule has 1 unspecified atom stereocenters. The van der Waals surface area contributed by atoms with Gasteiger partial charge in [0.15, 0.2) is 6.61 Å². The summed E-state index contributed by atoms with van der Waals surface area (Å²) < 4.78 is 35.8. The van der Waals surface area contributed by atoms with E-state index in [1.54, 1.807) is 48.5 Å². The standard InChI is InChI=1S/C33H27FN2O5/c1-20-4-3-5-29(21(20)2)39-19-31(37)40-26-14-15-27-30(16-26)41-33(36)28(17-35)32(27)23-8-12-25(13-9-23)38-18-22-6-10-24(34)11-7-22/h3-16,32H,18-19,36H2,1-2H3. The van der Waals surface area contributed by atoms with Crippen LogP contribution in [0.2, 0.25) is 0 Å². The highest BCUT2D eigenvalue weighted by Crippen LogP contribution is 2.43. The first-order chi connectivity index (χ1) is 19.8. The fraction of sp³-hybridized carbons (Fsp3) is 0.152. The number of allylic oxidation sites excluding steroid dienone is 1. The van der Waals surface area contributed by atoms with Crippen LogP contribution in [0.5, 0.6) is 23.0 Å². The Bertz CT molecular complexity index is 1660. The third-order valence-corrected chi connectivity index (χ3v) is 6.85. The molecule has 1 aliphatic heterocycles. The average molecular weight is 551 g/mol. The Morgan fingerprint density at radius 3 is 2.44 bits per heavy atom. The van der Waals surface area contributed by atoms with E-state index >= 15 is 0 Å². The van der Waals surface area contributed by atoms with Crippen molar-refractivity contribution < 1.29 is 28.1 Å². The largest absolute Gasteiger partial charge is 0.489 e. The molecule has 0 saturated heterocycles. The molecule has 0 bridgehead atoms. The van der Waals surface area contributed by atoms with Crippen LogP contribution in [0.15, 0.2) is 96.4 Å². The molecule has 7 nitrogen and oxygen atoms in total. The Kier molecular flexibility index (Phi) is 7.88. The fourth-order valence-electron chi connectivity index (χ4n) is 4.52. The molecule has 0 aliphatic carbocycles. The topological polar surface area (TPSA) is 104 Å². The number of rotatable bonds is 8. The van der Waals surface area contributed by atoms with Crippen molar-refractivity contribution in [2.75, 3.05) is 6.61 Å². The minimum absolute atomic E-state index is 0.0247. The molecule has 1 atom stereocenters. The van der Waals surface area contributed by atoms with Gasteiger partial charge >= 0.3 is 5.97 Å². The molecule has 0 fully saturated rings. The Hall–Kier alpha value is -5.29. The maximum atomic E-state index is 13.1. The molecule has 41 heavy (non-hydrogen) atoms. The van der Waals surface area contributed by atoms with Crippen LogP contribution in [0, 0.1) is 31.0 Å². The summed E-state index contributed by atoms with van der Waals surface area (Å²) in [4.78, 5) is 12.5. The first-order valence-electron chi connectivity index (χ1n) is 12.9. The van der Waals surface area contributed by atoms with Gasteiger partial charge in [-0.25, -0.2) is 9.18 Å². The van der Waals surface area contributed by atoms with Crippen molar-refractivity contribution >= 4 is 5.97 Å². The van der Waals surface area contributed by atoms with Crippen molar-refractivity contribution in [1.29, 1.82) is 5.26 Å². The van der Waals surface area contributed by atoms with Crippen LogP contribution in [0.25, 0.3) is 0 Å². The van der Waals surface area contributed by atoms with E-state index in [0.717, 1.165) is 22.3 Å². The Morgan fingerprint density at radius 2 is 1.71 bits per heavy atom. The number of fused-ring (bicyclic) bond motifs is 1. The van der Waals surface area contributed by atoms with Crippen molar-refractivity contribution in [2.45, 2.75) is 26.4 Å². The van der Waals surface area contributed by atoms with Gasteiger partial charge in [-0.2, -0.15) is 5.26 Å². The second-order valence-corrected chi connectivity index (χ2v) is 9.57. The second kappa shape index (κ2) is 11.8. The Labute approximate surface area is 237 Å². The number of nitrogens with two attached hydrogens (primary N) is 1. The third kappa shape index (κ3) is 6.15. The number of ether oxygens (including phenoxy) is 4. The summed E-state index contributed by atoms with van der Waals surface area (Å²) in [5.41, 5.74) is 10.7. The maximum Gasteiger partial charge on any atom is 0.349 e. The number of carbonyl (C=O) groups excluding carboxylic acids is 1. The van der Waals surface area contributed by atoms with Crippen LogP contribution in [-0.4, -0.2) is 12.6 Å². The molecular weight excluding hydrogens is 523 g/mol. The first kappa shape index (κ1) is 27.3. The molecule has 206 valence electrons. The van der Waals surface area contributed by atoms with Crippen LogP contribution in [0.1, 0.15) is 33.7 Å². The van der Waals surface area contributed by atoms with Crippen LogP contribution in [0.4, 0.5) is 4.39 Å². The Morgan fingerprint density at radius 1 is 0.976 bits per heavy atom. The minimum Gasteiger partial charge on any atom is -0.489 e. The molecule has 0 amide bonds. The van der Waals surface area contributed by atoms with E-state index < -0.39 is 11.9 Å². The predicted octanol–water partition coefficient (Wildman–Crippen LogP) is 6.22. The van der Waals surface area contributed by atoms with Gasteiger partial charge < -0.3 is 24.7 Å². The summed E-state index contributed by atoms with van der Waals surface area (Å²) in [6, 6.07) is 26.1. The van der Waals surface area contributed by atoms with Gasteiger partial charge in [0.05, 0.1) is 5.92 Å². The molecule has 0 saturated carbocycles. The molecule has 4 aromatic rings. The highest BCUT2D eigenvalue weighted by Gasteiger charge is 2.31. The van der Waals surface area contributed by atoms with Gasteiger partial charge in [-0.05, 0) is 72.5 Å². The van der Waals surface area contributed by atoms with Crippen LogP contribution < -0.4 is 24.7 Å². The summed E-state index contributed by atoms with van der Waals surface area (Å²) in [5.74, 6) is 0.478. The van der Waals surface area contributed by atoms with Gasteiger partial charge in [-0.15, -0.1) is 0 Å². The first-order valence-corrected chi connectivity index (χ1v) is 12.9. The summed E-state index contributed by atoms with van der Waals surface area (Å²) in [6.45, 7) is 3.92. The highest BCUT2D eigenvalue weighted by atomic mass is 19.1. The zero-order chi connectivity index (χ0) is 28.9. The van der Waals surface area contributed by atoms with Gasteiger partial charge in [0.25, 0.3) is 0 Å². The van der Waals surface area contributed by atoms with Gasteiger partial charge in [-0.3, -0.25) is 0 Å². The smallest absolute Gasteiger partial charge is 0.349 e. The predicted molar refractivity (Wildman–Crippen MR) is 150 cm³/mol. The van der Waals surface area contributed by atoms with Crippen LogP contribution in [0.3, 0.4) is 0 Å². The van der Waals surface area contributed by atoms with Gasteiger partial charge in [-0.1, -0.05) is 42.5 Å². The molecule has 1 heterocycles. The molecule has 0 radical (unpaired) electrons. The number of hydrogen-bond donors (Lipinski definition) is 1. The number of benzene rings is 4. The molecule has 2 N–H and O–H groups in total. The van der Waals surface area contributed by atoms with Gasteiger partial charge in [0.1, 0.15) is 47.1 Å². The van der Waals surface area contributed by atoms with Crippen LogP contribution >= 0.6 is 0 Å². The van der Waals surface area contributed by atoms with E-state index in [0.29, 0.717) is 22.8 Å². The second-order valence-electron chi connectivity index (χ2n) is 9.57. The number of aryl methyl sites for hydroxylation is 1. The lowest BCUT2D eigenvalue weighted by Gasteiger charge is -2.26. The van der Waals surface area contributed by atoms with Crippen LogP contribution in [-0.2, 0) is 11.4 Å². The van der Waals surface area contributed by atoms with E-state index in [4.69, 9.17) is 24.7 Å². The van der Waals surface area contributed by atoms with Crippen molar-refractivity contribution in [2.24, 2.45) is 5.73 Å². The minimum atomic E-state index is -0.573.